The van der Waals surface area contributed by atoms with Crippen molar-refractivity contribution in [2.45, 2.75) is 26.4 Å². The minimum atomic E-state index is -3.84. The zero-order valence-electron chi connectivity index (χ0n) is 18.5. The molecule has 1 atom stereocenters. The van der Waals surface area contributed by atoms with E-state index in [4.69, 9.17) is 16.3 Å². The summed E-state index contributed by atoms with van der Waals surface area (Å²) >= 11 is 6.26. The number of rotatable bonds is 10. The number of nitrogens with zero attached hydrogens (tertiary/aromatic N) is 2. The van der Waals surface area contributed by atoms with Gasteiger partial charge >= 0.3 is 0 Å². The van der Waals surface area contributed by atoms with Crippen molar-refractivity contribution in [3.8, 4) is 5.75 Å². The zero-order chi connectivity index (χ0) is 23.9. The Balaban J connectivity index is 2.44. The lowest BCUT2D eigenvalue weighted by Gasteiger charge is -2.31. The molecule has 8 nitrogen and oxygen atoms in total. The fourth-order valence-corrected chi connectivity index (χ4v) is 4.19. The van der Waals surface area contributed by atoms with Crippen LogP contribution in [0, 0.1) is 0 Å². The summed E-state index contributed by atoms with van der Waals surface area (Å²) in [4.78, 5) is 27.0. The molecular weight excluding hydrogens is 454 g/mol. The molecule has 2 amide bonds. The first-order chi connectivity index (χ1) is 15.1. The molecule has 2 rings (SSSR count). The van der Waals surface area contributed by atoms with Crippen molar-refractivity contribution in [2.75, 3.05) is 30.8 Å². The average Bonchev–Trinajstić information content (AvgIpc) is 2.75. The number of carbonyl (C=O) groups is 2. The summed E-state index contributed by atoms with van der Waals surface area (Å²) in [6.07, 6.45) is 1.02. The van der Waals surface area contributed by atoms with Crippen molar-refractivity contribution in [2.24, 2.45) is 0 Å². The highest BCUT2D eigenvalue weighted by atomic mass is 35.5. The minimum absolute atomic E-state index is 0.0395. The molecule has 0 aromatic heterocycles. The summed E-state index contributed by atoms with van der Waals surface area (Å²) in [7, 11) is -2.37. The van der Waals surface area contributed by atoms with Gasteiger partial charge in [-0.15, -0.1) is 0 Å². The summed E-state index contributed by atoms with van der Waals surface area (Å²) < 4.78 is 31.8. The Labute approximate surface area is 194 Å². The molecule has 0 radical (unpaired) electrons. The van der Waals surface area contributed by atoms with Crippen LogP contribution in [-0.2, 0) is 26.2 Å². The Morgan fingerprint density at radius 3 is 2.34 bits per heavy atom. The normalized spacial score (nSPS) is 12.0. The number of hydrogen-bond acceptors (Lipinski definition) is 5. The fraction of sp³-hybridized carbons (Fsp3) is 0.364. The van der Waals surface area contributed by atoms with Crippen LogP contribution in [0.25, 0.3) is 0 Å². The maximum atomic E-state index is 13.4. The maximum absolute atomic E-state index is 13.4. The van der Waals surface area contributed by atoms with Gasteiger partial charge in [0.2, 0.25) is 21.8 Å². The van der Waals surface area contributed by atoms with Gasteiger partial charge in [-0.05, 0) is 37.6 Å². The highest BCUT2D eigenvalue weighted by molar-refractivity contribution is 7.92. The van der Waals surface area contributed by atoms with E-state index in [-0.39, 0.29) is 18.1 Å². The second-order valence-electron chi connectivity index (χ2n) is 7.07. The third kappa shape index (κ3) is 6.37. The van der Waals surface area contributed by atoms with Gasteiger partial charge in [-0.1, -0.05) is 41.9 Å². The summed E-state index contributed by atoms with van der Waals surface area (Å²) in [5.41, 5.74) is 0.884. The van der Waals surface area contributed by atoms with Gasteiger partial charge in [0.1, 0.15) is 18.3 Å². The number of likely N-dealkylation sites (N-methyl/N-ethyl adjacent to an activating group) is 1. The molecule has 0 bridgehead atoms. The third-order valence-electron chi connectivity index (χ3n) is 4.83. The van der Waals surface area contributed by atoms with Crippen LogP contribution < -0.4 is 14.4 Å². The van der Waals surface area contributed by atoms with Crippen LogP contribution in [0.1, 0.15) is 19.4 Å². The van der Waals surface area contributed by atoms with Gasteiger partial charge in [-0.2, -0.15) is 0 Å². The van der Waals surface area contributed by atoms with E-state index in [0.717, 1.165) is 10.6 Å². The van der Waals surface area contributed by atoms with Crippen LogP contribution in [0.4, 0.5) is 5.69 Å². The molecule has 0 aliphatic carbocycles. The monoisotopic (exact) mass is 481 g/mol. The number of amides is 2. The standard InChI is InChI=1S/C22H28ClN3O5S/c1-5-31-20-13-9-8-12-19(20)26(32(4,29)30)15-21(27)25(16(2)22(28)24-3)14-17-10-6-7-11-18(17)23/h6-13,16H,5,14-15H2,1-4H3,(H,24,28)/t16-/m1/s1. The summed E-state index contributed by atoms with van der Waals surface area (Å²) in [6.45, 7) is 3.22. The largest absolute Gasteiger partial charge is 0.492 e. The van der Waals surface area contributed by atoms with E-state index in [9.17, 15) is 18.0 Å². The van der Waals surface area contributed by atoms with Crippen molar-refractivity contribution >= 4 is 39.1 Å². The Morgan fingerprint density at radius 1 is 1.12 bits per heavy atom. The molecule has 10 heteroatoms. The Bertz CT molecular complexity index is 1060. The number of carbonyl (C=O) groups excluding carboxylic acids is 2. The molecule has 0 aliphatic rings. The molecular formula is C22H28ClN3O5S. The second kappa shape index (κ2) is 11.2. The van der Waals surface area contributed by atoms with Crippen LogP contribution in [0.5, 0.6) is 5.75 Å². The number of ether oxygens (including phenoxy) is 1. The predicted molar refractivity (Wildman–Crippen MR) is 125 cm³/mol. The summed E-state index contributed by atoms with van der Waals surface area (Å²) in [5, 5.41) is 2.96. The number of benzene rings is 2. The molecule has 0 heterocycles. The van der Waals surface area contributed by atoms with E-state index in [1.807, 2.05) is 0 Å². The van der Waals surface area contributed by atoms with E-state index in [1.165, 1.54) is 11.9 Å². The van der Waals surface area contributed by atoms with Crippen molar-refractivity contribution in [1.82, 2.24) is 10.2 Å². The summed E-state index contributed by atoms with van der Waals surface area (Å²) in [6, 6.07) is 12.7. The van der Waals surface area contributed by atoms with Gasteiger partial charge in [0.05, 0.1) is 18.6 Å². The number of sulfonamides is 1. The minimum Gasteiger partial charge on any atom is -0.492 e. The topological polar surface area (TPSA) is 96.0 Å². The van der Waals surface area contributed by atoms with E-state index in [0.29, 0.717) is 22.9 Å². The molecule has 2 aromatic rings. The molecule has 0 aliphatic heterocycles. The van der Waals surface area contributed by atoms with Crippen LogP contribution in [0.2, 0.25) is 5.02 Å². The molecule has 174 valence electrons. The lowest BCUT2D eigenvalue weighted by atomic mass is 10.1. The van der Waals surface area contributed by atoms with Crippen LogP contribution in [0.15, 0.2) is 48.5 Å². The van der Waals surface area contributed by atoms with Crippen molar-refractivity contribution in [3.63, 3.8) is 0 Å². The Hall–Kier alpha value is -2.78. The predicted octanol–water partition coefficient (Wildman–Crippen LogP) is 2.67. The smallest absolute Gasteiger partial charge is 0.244 e. The average molecular weight is 482 g/mol. The lowest BCUT2D eigenvalue weighted by molar-refractivity contribution is -0.139. The van der Waals surface area contributed by atoms with Crippen LogP contribution in [-0.4, -0.2) is 57.6 Å². The molecule has 0 fully saturated rings. The van der Waals surface area contributed by atoms with Crippen molar-refractivity contribution in [3.05, 3.63) is 59.1 Å². The van der Waals surface area contributed by atoms with Crippen molar-refractivity contribution in [1.29, 1.82) is 0 Å². The van der Waals surface area contributed by atoms with E-state index >= 15 is 0 Å². The highest BCUT2D eigenvalue weighted by Gasteiger charge is 2.31. The zero-order valence-corrected chi connectivity index (χ0v) is 20.1. The van der Waals surface area contributed by atoms with Crippen LogP contribution in [0.3, 0.4) is 0 Å². The molecule has 0 spiro atoms. The second-order valence-corrected chi connectivity index (χ2v) is 9.39. The molecule has 2 aromatic carbocycles. The number of nitrogens with one attached hydrogen (secondary N) is 1. The van der Waals surface area contributed by atoms with Gasteiger partial charge in [-0.3, -0.25) is 13.9 Å². The maximum Gasteiger partial charge on any atom is 0.244 e. The first kappa shape index (κ1) is 25.5. The van der Waals surface area contributed by atoms with Crippen molar-refractivity contribution < 1.29 is 22.7 Å². The molecule has 0 saturated carbocycles. The lowest BCUT2D eigenvalue weighted by Crippen LogP contribution is -2.50. The number of para-hydroxylation sites is 2. The van der Waals surface area contributed by atoms with Gasteiger partial charge in [0.15, 0.2) is 0 Å². The van der Waals surface area contributed by atoms with Gasteiger partial charge in [0.25, 0.3) is 0 Å². The van der Waals surface area contributed by atoms with E-state index in [1.54, 1.807) is 62.4 Å². The Kier molecular flexibility index (Phi) is 8.91. The van der Waals surface area contributed by atoms with E-state index < -0.39 is 28.5 Å². The molecule has 32 heavy (non-hydrogen) atoms. The third-order valence-corrected chi connectivity index (χ3v) is 6.32. The fourth-order valence-electron chi connectivity index (χ4n) is 3.14. The van der Waals surface area contributed by atoms with Gasteiger partial charge in [-0.25, -0.2) is 8.42 Å². The first-order valence-electron chi connectivity index (χ1n) is 10.0. The quantitative estimate of drug-likeness (QED) is 0.562. The molecule has 1 N–H and O–H groups in total. The van der Waals surface area contributed by atoms with Gasteiger partial charge < -0.3 is 15.0 Å². The number of anilines is 1. The number of hydrogen-bond donors (Lipinski definition) is 1. The summed E-state index contributed by atoms with van der Waals surface area (Å²) in [5.74, 6) is -0.603. The van der Waals surface area contributed by atoms with Gasteiger partial charge in [0, 0.05) is 18.6 Å². The SMILES string of the molecule is CCOc1ccccc1N(CC(=O)N(Cc1ccccc1Cl)[C@H](C)C(=O)NC)S(C)(=O)=O. The molecule has 0 unspecified atom stereocenters. The van der Waals surface area contributed by atoms with Crippen LogP contribution >= 0.6 is 11.6 Å². The first-order valence-corrected chi connectivity index (χ1v) is 12.3. The molecule has 0 saturated heterocycles. The Morgan fingerprint density at radius 2 is 1.75 bits per heavy atom. The van der Waals surface area contributed by atoms with E-state index in [2.05, 4.69) is 5.32 Å². The number of halogens is 1. The highest BCUT2D eigenvalue weighted by Crippen LogP contribution is 2.30.